The van der Waals surface area contributed by atoms with Gasteiger partial charge in [0, 0.05) is 32.0 Å². The molecule has 0 radical (unpaired) electrons. The standard InChI is InChI=1S/C12H18N6O/c1-3-4-11-14-5-6-18(11)12-7-9(17-13)15-10(16-12)8-19-2/h5-7H,3-4,8,13H2,1-2H3,(H,15,16,17). The van der Waals surface area contributed by atoms with Crippen molar-refractivity contribution < 1.29 is 4.74 Å². The summed E-state index contributed by atoms with van der Waals surface area (Å²) in [6.07, 6.45) is 5.56. The quantitative estimate of drug-likeness (QED) is 0.597. The molecule has 0 aromatic carbocycles. The van der Waals surface area contributed by atoms with E-state index in [0.717, 1.165) is 24.5 Å². The van der Waals surface area contributed by atoms with Crippen molar-refractivity contribution in [2.45, 2.75) is 26.4 Å². The van der Waals surface area contributed by atoms with Crippen LogP contribution in [-0.4, -0.2) is 26.6 Å². The number of methoxy groups -OCH3 is 1. The van der Waals surface area contributed by atoms with Crippen molar-refractivity contribution in [3.05, 3.63) is 30.1 Å². The second kappa shape index (κ2) is 6.26. The highest BCUT2D eigenvalue weighted by molar-refractivity contribution is 5.41. The maximum atomic E-state index is 5.43. The number of nitrogens with two attached hydrogens (primary N) is 1. The number of anilines is 1. The Morgan fingerprint density at radius 3 is 2.95 bits per heavy atom. The highest BCUT2D eigenvalue weighted by Gasteiger charge is 2.09. The Morgan fingerprint density at radius 1 is 1.42 bits per heavy atom. The summed E-state index contributed by atoms with van der Waals surface area (Å²) in [6.45, 7) is 2.45. The van der Waals surface area contributed by atoms with Gasteiger partial charge in [-0.25, -0.2) is 20.8 Å². The average molecular weight is 262 g/mol. The molecule has 7 nitrogen and oxygen atoms in total. The lowest BCUT2D eigenvalue weighted by Crippen LogP contribution is -2.13. The van der Waals surface area contributed by atoms with Crippen molar-refractivity contribution in [3.8, 4) is 5.82 Å². The summed E-state index contributed by atoms with van der Waals surface area (Å²) in [5.41, 5.74) is 2.54. The number of nitrogens with one attached hydrogen (secondary N) is 1. The van der Waals surface area contributed by atoms with Gasteiger partial charge in [0.05, 0.1) is 0 Å². The minimum absolute atomic E-state index is 0.334. The molecule has 0 unspecified atom stereocenters. The van der Waals surface area contributed by atoms with Crippen LogP contribution in [0.1, 0.15) is 25.0 Å². The maximum absolute atomic E-state index is 5.43. The fraction of sp³-hybridized carbons (Fsp3) is 0.417. The third-order valence-electron chi connectivity index (χ3n) is 2.62. The van der Waals surface area contributed by atoms with Gasteiger partial charge in [0.1, 0.15) is 24.1 Å². The number of aromatic nitrogens is 4. The molecule has 0 aliphatic heterocycles. The van der Waals surface area contributed by atoms with Gasteiger partial charge in [-0.15, -0.1) is 0 Å². The molecular weight excluding hydrogens is 244 g/mol. The largest absolute Gasteiger partial charge is 0.377 e. The van der Waals surface area contributed by atoms with E-state index in [1.807, 2.05) is 10.8 Å². The SMILES string of the molecule is CCCc1nccn1-c1cc(NN)nc(COC)n1. The molecule has 102 valence electrons. The Hall–Kier alpha value is -1.99. The number of rotatable bonds is 6. The maximum Gasteiger partial charge on any atom is 0.158 e. The van der Waals surface area contributed by atoms with Crippen LogP contribution >= 0.6 is 0 Å². The first-order valence-corrected chi connectivity index (χ1v) is 6.14. The van der Waals surface area contributed by atoms with Gasteiger partial charge in [-0.2, -0.15) is 0 Å². The van der Waals surface area contributed by atoms with Crippen molar-refractivity contribution in [2.24, 2.45) is 5.84 Å². The smallest absolute Gasteiger partial charge is 0.158 e. The molecule has 7 heteroatoms. The van der Waals surface area contributed by atoms with Crippen LogP contribution in [0, 0.1) is 0 Å². The monoisotopic (exact) mass is 262 g/mol. The highest BCUT2D eigenvalue weighted by atomic mass is 16.5. The Morgan fingerprint density at radius 2 is 2.26 bits per heavy atom. The average Bonchev–Trinajstić information content (AvgIpc) is 2.87. The molecule has 3 N–H and O–H groups in total. The molecule has 0 spiro atoms. The number of hydrazine groups is 1. The zero-order valence-electron chi connectivity index (χ0n) is 11.1. The van der Waals surface area contributed by atoms with Crippen molar-refractivity contribution in [1.82, 2.24) is 19.5 Å². The van der Waals surface area contributed by atoms with Crippen LogP contribution < -0.4 is 11.3 Å². The fourth-order valence-corrected chi connectivity index (χ4v) is 1.83. The molecule has 2 aromatic rings. The Bertz CT molecular complexity index is 539. The summed E-state index contributed by atoms with van der Waals surface area (Å²) in [5.74, 6) is 8.25. The van der Waals surface area contributed by atoms with E-state index >= 15 is 0 Å². The number of aryl methyl sites for hydroxylation is 1. The molecule has 0 fully saturated rings. The Labute approximate surface area is 111 Å². The number of imidazole rings is 1. The van der Waals surface area contributed by atoms with Gasteiger partial charge in [0.2, 0.25) is 0 Å². The minimum Gasteiger partial charge on any atom is -0.377 e. The third kappa shape index (κ3) is 3.07. The summed E-state index contributed by atoms with van der Waals surface area (Å²) in [4.78, 5) is 13.0. The molecule has 19 heavy (non-hydrogen) atoms. The van der Waals surface area contributed by atoms with Gasteiger partial charge in [0.15, 0.2) is 5.82 Å². The van der Waals surface area contributed by atoms with E-state index in [-0.39, 0.29) is 0 Å². The molecular formula is C12H18N6O. The van der Waals surface area contributed by atoms with Crippen molar-refractivity contribution >= 4 is 5.82 Å². The van der Waals surface area contributed by atoms with Gasteiger partial charge >= 0.3 is 0 Å². The van der Waals surface area contributed by atoms with E-state index in [1.165, 1.54) is 0 Å². The van der Waals surface area contributed by atoms with Crippen molar-refractivity contribution in [1.29, 1.82) is 0 Å². The van der Waals surface area contributed by atoms with Gasteiger partial charge in [-0.1, -0.05) is 6.92 Å². The first kappa shape index (κ1) is 13.4. The lowest BCUT2D eigenvalue weighted by molar-refractivity contribution is 0.178. The molecule has 0 saturated carbocycles. The molecule has 0 atom stereocenters. The molecule has 0 bridgehead atoms. The van der Waals surface area contributed by atoms with Crippen LogP contribution in [-0.2, 0) is 17.8 Å². The number of nitrogen functional groups attached to an aromatic ring is 1. The van der Waals surface area contributed by atoms with Crippen LogP contribution in [0.25, 0.3) is 5.82 Å². The minimum atomic E-state index is 0.334. The van der Waals surface area contributed by atoms with Gasteiger partial charge < -0.3 is 10.2 Å². The molecule has 0 aliphatic carbocycles. The molecule has 0 aliphatic rings. The van der Waals surface area contributed by atoms with Crippen LogP contribution in [0.3, 0.4) is 0 Å². The lowest BCUT2D eigenvalue weighted by atomic mass is 10.3. The molecule has 0 amide bonds. The summed E-state index contributed by atoms with van der Waals surface area (Å²) < 4.78 is 6.99. The molecule has 2 aromatic heterocycles. The van der Waals surface area contributed by atoms with Crippen molar-refractivity contribution in [3.63, 3.8) is 0 Å². The van der Waals surface area contributed by atoms with E-state index < -0.39 is 0 Å². The number of hydrogen-bond donors (Lipinski definition) is 2. The predicted molar refractivity (Wildman–Crippen MR) is 71.7 cm³/mol. The second-order valence-electron chi connectivity index (χ2n) is 4.07. The first-order chi connectivity index (χ1) is 9.28. The zero-order valence-corrected chi connectivity index (χ0v) is 11.1. The first-order valence-electron chi connectivity index (χ1n) is 6.14. The predicted octanol–water partition coefficient (Wildman–Crippen LogP) is 1.05. The summed E-state index contributed by atoms with van der Waals surface area (Å²) in [5, 5.41) is 0. The third-order valence-corrected chi connectivity index (χ3v) is 2.62. The van der Waals surface area contributed by atoms with Crippen LogP contribution in [0.2, 0.25) is 0 Å². The summed E-state index contributed by atoms with van der Waals surface area (Å²) in [7, 11) is 1.60. The highest BCUT2D eigenvalue weighted by Crippen LogP contribution is 2.14. The lowest BCUT2D eigenvalue weighted by Gasteiger charge is -2.10. The summed E-state index contributed by atoms with van der Waals surface area (Å²) in [6, 6.07) is 1.78. The van der Waals surface area contributed by atoms with Gasteiger partial charge in [-0.3, -0.25) is 4.57 Å². The number of hydrogen-bond acceptors (Lipinski definition) is 6. The molecule has 0 saturated heterocycles. The molecule has 2 rings (SSSR count). The van der Waals surface area contributed by atoms with Crippen LogP contribution in [0.4, 0.5) is 5.82 Å². The van der Waals surface area contributed by atoms with E-state index in [1.54, 1.807) is 19.4 Å². The summed E-state index contributed by atoms with van der Waals surface area (Å²) >= 11 is 0. The number of ether oxygens (including phenoxy) is 1. The van der Waals surface area contributed by atoms with Crippen LogP contribution in [0.15, 0.2) is 18.5 Å². The van der Waals surface area contributed by atoms with Gasteiger partial charge in [-0.05, 0) is 6.42 Å². The topological polar surface area (TPSA) is 90.9 Å². The van der Waals surface area contributed by atoms with Crippen LogP contribution in [0.5, 0.6) is 0 Å². The molecule has 2 heterocycles. The van der Waals surface area contributed by atoms with E-state index in [2.05, 4.69) is 27.3 Å². The van der Waals surface area contributed by atoms with E-state index in [4.69, 9.17) is 10.6 Å². The van der Waals surface area contributed by atoms with Gasteiger partial charge in [0.25, 0.3) is 0 Å². The number of nitrogens with zero attached hydrogens (tertiary/aromatic N) is 4. The Kier molecular flexibility index (Phi) is 4.43. The Balaban J connectivity index is 2.42. The normalized spacial score (nSPS) is 10.7. The second-order valence-corrected chi connectivity index (χ2v) is 4.07. The fourth-order valence-electron chi connectivity index (χ4n) is 1.83. The zero-order chi connectivity index (χ0) is 13.7. The van der Waals surface area contributed by atoms with Crippen molar-refractivity contribution in [2.75, 3.05) is 12.5 Å². The van der Waals surface area contributed by atoms with E-state index in [9.17, 15) is 0 Å². The van der Waals surface area contributed by atoms with E-state index in [0.29, 0.717) is 18.2 Å².